The molecule has 3 aromatic rings. The number of carbonyl (C=O) groups is 1. The van der Waals surface area contributed by atoms with E-state index in [4.69, 9.17) is 0 Å². The highest BCUT2D eigenvalue weighted by molar-refractivity contribution is 5.90. The van der Waals surface area contributed by atoms with E-state index in [1.54, 1.807) is 6.07 Å². The number of nitrogens with one attached hydrogen (secondary N) is 1. The van der Waals surface area contributed by atoms with Gasteiger partial charge in [-0.25, -0.2) is 0 Å². The quantitative estimate of drug-likeness (QED) is 0.723. The number of fused-ring (bicyclic) bond motifs is 1. The molecule has 0 bridgehead atoms. The van der Waals surface area contributed by atoms with Gasteiger partial charge in [0.1, 0.15) is 5.75 Å². The molecule has 0 aliphatic carbocycles. The molecule has 3 heteroatoms. The number of carbonyl (C=O) groups excluding carboxylic acids is 1. The van der Waals surface area contributed by atoms with Crippen LogP contribution in [0.4, 0.5) is 0 Å². The van der Waals surface area contributed by atoms with Crippen molar-refractivity contribution in [1.82, 2.24) is 5.32 Å². The second kappa shape index (κ2) is 6.60. The highest BCUT2D eigenvalue weighted by atomic mass is 16.3. The van der Waals surface area contributed by atoms with Crippen molar-refractivity contribution in [2.45, 2.75) is 26.8 Å². The van der Waals surface area contributed by atoms with Crippen molar-refractivity contribution in [3.8, 4) is 5.75 Å². The molecular formula is C22H23NO2. The summed E-state index contributed by atoms with van der Waals surface area (Å²) in [6.07, 6.45) is 0. The average Bonchev–Trinajstić information content (AvgIpc) is 2.60. The minimum absolute atomic E-state index is 0.0614. The van der Waals surface area contributed by atoms with Crippen LogP contribution in [0.5, 0.6) is 5.75 Å². The van der Waals surface area contributed by atoms with Crippen LogP contribution in [0.15, 0.2) is 66.7 Å². The molecule has 2 N–H and O–H groups in total. The van der Waals surface area contributed by atoms with E-state index in [-0.39, 0.29) is 11.7 Å². The zero-order valence-corrected chi connectivity index (χ0v) is 14.8. The lowest BCUT2D eigenvalue weighted by molar-refractivity contribution is -0.129. The van der Waals surface area contributed by atoms with Crippen LogP contribution in [0, 0.1) is 5.41 Å². The van der Waals surface area contributed by atoms with Gasteiger partial charge < -0.3 is 10.4 Å². The fraction of sp³-hybridized carbons (Fsp3) is 0.227. The van der Waals surface area contributed by atoms with E-state index in [0.29, 0.717) is 0 Å². The van der Waals surface area contributed by atoms with Crippen LogP contribution in [-0.4, -0.2) is 11.0 Å². The van der Waals surface area contributed by atoms with Crippen molar-refractivity contribution in [2.75, 3.05) is 0 Å². The maximum atomic E-state index is 12.7. The van der Waals surface area contributed by atoms with E-state index < -0.39 is 11.5 Å². The monoisotopic (exact) mass is 333 g/mol. The Kier molecular flexibility index (Phi) is 4.49. The molecule has 0 radical (unpaired) electrons. The van der Waals surface area contributed by atoms with Crippen LogP contribution in [-0.2, 0) is 4.79 Å². The minimum Gasteiger partial charge on any atom is -0.508 e. The lowest BCUT2D eigenvalue weighted by atomic mass is 9.90. The maximum Gasteiger partial charge on any atom is 0.226 e. The number of phenolic OH excluding ortho intramolecular Hbond substituents is 1. The van der Waals surface area contributed by atoms with Crippen molar-refractivity contribution >= 4 is 16.7 Å². The Labute approximate surface area is 148 Å². The standard InChI is InChI=1S/C22H23NO2/c1-22(2,3)21(25)23-20(16-10-5-4-6-11-16)19-17-12-8-7-9-15(17)13-14-18(19)24/h4-14,20,24H,1-3H3,(H,23,25). The Morgan fingerprint density at radius 2 is 1.56 bits per heavy atom. The van der Waals surface area contributed by atoms with E-state index in [9.17, 15) is 9.90 Å². The van der Waals surface area contributed by atoms with Crippen LogP contribution in [0.3, 0.4) is 0 Å². The molecule has 25 heavy (non-hydrogen) atoms. The third-order valence-electron chi connectivity index (χ3n) is 4.33. The molecule has 128 valence electrons. The molecule has 3 nitrogen and oxygen atoms in total. The zero-order valence-electron chi connectivity index (χ0n) is 14.8. The van der Waals surface area contributed by atoms with E-state index >= 15 is 0 Å². The van der Waals surface area contributed by atoms with Crippen molar-refractivity contribution < 1.29 is 9.90 Å². The van der Waals surface area contributed by atoms with Gasteiger partial charge in [-0.2, -0.15) is 0 Å². The second-order valence-electron chi connectivity index (χ2n) is 7.29. The number of benzene rings is 3. The largest absolute Gasteiger partial charge is 0.508 e. The Balaban J connectivity index is 2.19. The van der Waals surface area contributed by atoms with Crippen LogP contribution in [0.2, 0.25) is 0 Å². The normalized spacial score (nSPS) is 12.8. The number of hydrogen-bond acceptors (Lipinski definition) is 2. The first-order valence-electron chi connectivity index (χ1n) is 8.44. The van der Waals surface area contributed by atoms with Crippen LogP contribution >= 0.6 is 0 Å². The SMILES string of the molecule is CC(C)(C)C(=O)NC(c1ccccc1)c1c(O)ccc2ccccc12. The summed E-state index contributed by atoms with van der Waals surface area (Å²) in [7, 11) is 0. The number of phenols is 1. The first-order chi connectivity index (χ1) is 11.9. The van der Waals surface area contributed by atoms with Crippen molar-refractivity contribution in [1.29, 1.82) is 0 Å². The molecule has 1 amide bonds. The van der Waals surface area contributed by atoms with Crippen molar-refractivity contribution in [2.24, 2.45) is 5.41 Å². The summed E-state index contributed by atoms with van der Waals surface area (Å²) in [6.45, 7) is 5.65. The Morgan fingerprint density at radius 3 is 2.24 bits per heavy atom. The molecule has 0 fully saturated rings. The molecule has 3 aromatic carbocycles. The molecule has 1 unspecified atom stereocenters. The number of aromatic hydroxyl groups is 1. The van der Waals surface area contributed by atoms with Gasteiger partial charge in [-0.1, -0.05) is 81.4 Å². The predicted octanol–water partition coefficient (Wildman–Crippen LogP) is 4.80. The molecule has 1 atom stereocenters. The van der Waals surface area contributed by atoms with Crippen LogP contribution in [0.1, 0.15) is 37.9 Å². The molecule has 0 spiro atoms. The molecular weight excluding hydrogens is 310 g/mol. The van der Waals surface area contributed by atoms with E-state index in [1.165, 1.54) is 0 Å². The van der Waals surface area contributed by atoms with E-state index in [0.717, 1.165) is 21.9 Å². The molecule has 0 saturated carbocycles. The summed E-state index contributed by atoms with van der Waals surface area (Å²) in [5, 5.41) is 15.7. The third-order valence-corrected chi connectivity index (χ3v) is 4.33. The average molecular weight is 333 g/mol. The van der Waals surface area contributed by atoms with Gasteiger partial charge in [0, 0.05) is 11.0 Å². The van der Waals surface area contributed by atoms with Gasteiger partial charge in [0.15, 0.2) is 0 Å². The number of amides is 1. The number of rotatable bonds is 3. The molecule has 0 aromatic heterocycles. The second-order valence-corrected chi connectivity index (χ2v) is 7.29. The predicted molar refractivity (Wildman–Crippen MR) is 101 cm³/mol. The van der Waals surface area contributed by atoms with E-state index in [2.05, 4.69) is 5.32 Å². The van der Waals surface area contributed by atoms with Crippen LogP contribution < -0.4 is 5.32 Å². The topological polar surface area (TPSA) is 49.3 Å². The molecule has 0 aliphatic rings. The summed E-state index contributed by atoms with van der Waals surface area (Å²) < 4.78 is 0. The maximum absolute atomic E-state index is 12.7. The third kappa shape index (κ3) is 3.50. The summed E-state index contributed by atoms with van der Waals surface area (Å²) in [5.41, 5.74) is 1.14. The summed E-state index contributed by atoms with van der Waals surface area (Å²) in [5.74, 6) is 0.121. The fourth-order valence-corrected chi connectivity index (χ4v) is 2.90. The first-order valence-corrected chi connectivity index (χ1v) is 8.44. The summed E-state index contributed by atoms with van der Waals surface area (Å²) in [4.78, 5) is 12.7. The minimum atomic E-state index is -0.521. The summed E-state index contributed by atoms with van der Waals surface area (Å²) in [6, 6.07) is 20.8. The Morgan fingerprint density at radius 1 is 0.920 bits per heavy atom. The van der Waals surface area contributed by atoms with Gasteiger partial charge in [0.25, 0.3) is 0 Å². The number of hydrogen-bond donors (Lipinski definition) is 2. The zero-order chi connectivity index (χ0) is 18.0. The van der Waals surface area contributed by atoms with Gasteiger partial charge >= 0.3 is 0 Å². The molecule has 3 rings (SSSR count). The first kappa shape index (κ1) is 17.0. The molecule has 0 saturated heterocycles. The molecule has 0 aliphatic heterocycles. The Hall–Kier alpha value is -2.81. The van der Waals surface area contributed by atoms with Crippen molar-refractivity contribution in [3.63, 3.8) is 0 Å². The lowest BCUT2D eigenvalue weighted by Crippen LogP contribution is -2.38. The highest BCUT2D eigenvalue weighted by Crippen LogP contribution is 2.36. The fourth-order valence-electron chi connectivity index (χ4n) is 2.90. The van der Waals surface area contributed by atoms with Gasteiger partial charge in [-0.3, -0.25) is 4.79 Å². The molecule has 0 heterocycles. The van der Waals surface area contributed by atoms with E-state index in [1.807, 2.05) is 81.4 Å². The van der Waals surface area contributed by atoms with Gasteiger partial charge in [-0.15, -0.1) is 0 Å². The smallest absolute Gasteiger partial charge is 0.226 e. The highest BCUT2D eigenvalue weighted by Gasteiger charge is 2.28. The van der Waals surface area contributed by atoms with Gasteiger partial charge in [-0.05, 0) is 22.4 Å². The lowest BCUT2D eigenvalue weighted by Gasteiger charge is -2.26. The Bertz CT molecular complexity index is 895. The van der Waals surface area contributed by atoms with Crippen molar-refractivity contribution in [3.05, 3.63) is 77.9 Å². The van der Waals surface area contributed by atoms with Gasteiger partial charge in [0.05, 0.1) is 6.04 Å². The summed E-state index contributed by atoms with van der Waals surface area (Å²) >= 11 is 0. The van der Waals surface area contributed by atoms with Gasteiger partial charge in [0.2, 0.25) is 5.91 Å². The van der Waals surface area contributed by atoms with Crippen LogP contribution in [0.25, 0.3) is 10.8 Å².